The first-order valence-corrected chi connectivity index (χ1v) is 11.3. The van der Waals surface area contributed by atoms with Crippen molar-refractivity contribution in [2.75, 3.05) is 44.0 Å². The number of anilines is 2. The van der Waals surface area contributed by atoms with Gasteiger partial charge in [-0.3, -0.25) is 14.4 Å². The van der Waals surface area contributed by atoms with Gasteiger partial charge in [-0.2, -0.15) is 18.3 Å². The van der Waals surface area contributed by atoms with E-state index in [1.54, 1.807) is 50.3 Å². The first-order valence-electron chi connectivity index (χ1n) is 11.3. The summed E-state index contributed by atoms with van der Waals surface area (Å²) in [5, 5.41) is 3.74. The van der Waals surface area contributed by atoms with Crippen molar-refractivity contribution in [1.82, 2.24) is 14.7 Å². The van der Waals surface area contributed by atoms with E-state index in [9.17, 15) is 27.6 Å². The molecule has 0 radical (unpaired) electrons. The number of carbonyl (C=O) groups is 3. The van der Waals surface area contributed by atoms with E-state index in [4.69, 9.17) is 5.73 Å². The smallest absolute Gasteiger partial charge is 0.366 e. The Morgan fingerprint density at radius 1 is 1.05 bits per heavy atom. The van der Waals surface area contributed by atoms with Gasteiger partial charge in [0.25, 0.3) is 5.91 Å². The number of hydrogen-bond donors (Lipinski definition) is 1. The summed E-state index contributed by atoms with van der Waals surface area (Å²) in [4.78, 5) is 42.1. The average molecular weight is 515 g/mol. The summed E-state index contributed by atoms with van der Waals surface area (Å²) in [6.07, 6.45) is -4.85. The molecule has 2 N–H and O–H groups in total. The number of aromatic nitrogens is 2. The second kappa shape index (κ2) is 9.69. The molecule has 2 aromatic carbocycles. The van der Waals surface area contributed by atoms with Gasteiger partial charge in [0.05, 0.1) is 12.2 Å². The first-order chi connectivity index (χ1) is 17.4. The fourth-order valence-electron chi connectivity index (χ4n) is 4.19. The van der Waals surface area contributed by atoms with Crippen LogP contribution in [0.5, 0.6) is 0 Å². The summed E-state index contributed by atoms with van der Waals surface area (Å²) >= 11 is 0. The van der Waals surface area contributed by atoms with Crippen LogP contribution in [0.4, 0.5) is 24.5 Å². The highest BCUT2D eigenvalue weighted by Gasteiger charge is 2.43. The number of nitrogens with zero attached hydrogens (tertiary/aromatic N) is 5. The molecule has 0 unspecified atom stereocenters. The highest BCUT2D eigenvalue weighted by Crippen LogP contribution is 2.37. The second-order valence-corrected chi connectivity index (χ2v) is 8.91. The van der Waals surface area contributed by atoms with E-state index in [2.05, 4.69) is 5.10 Å². The number of likely N-dealkylation sites (N-methyl/N-ethyl adjacent to an activating group) is 2. The van der Waals surface area contributed by atoms with E-state index in [-0.39, 0.29) is 47.9 Å². The molecule has 0 fully saturated rings. The molecule has 2 heterocycles. The lowest BCUT2D eigenvalue weighted by Crippen LogP contribution is -2.39. The number of alkyl halides is 3. The Kier molecular flexibility index (Phi) is 6.78. The standard InChI is InChI=1S/C25H25F3N6O3/c1-31(2)14-20(35)32(3)16-7-9-17(10-8-16)33-12-11-19-21(24(33)37)34(30-22(19)25(26,27)28)18-6-4-5-15(13-18)23(29)36/h4-10,13H,11-12,14H2,1-3H3,(H2,29,36). The molecule has 0 atom stereocenters. The van der Waals surface area contributed by atoms with Gasteiger partial charge in [-0.15, -0.1) is 0 Å². The number of rotatable bonds is 6. The molecule has 3 amide bonds. The lowest BCUT2D eigenvalue weighted by Gasteiger charge is -2.28. The Morgan fingerprint density at radius 2 is 1.73 bits per heavy atom. The third-order valence-corrected chi connectivity index (χ3v) is 6.03. The van der Waals surface area contributed by atoms with Crippen molar-refractivity contribution < 1.29 is 27.6 Å². The number of carbonyl (C=O) groups excluding carboxylic acids is 3. The molecule has 0 saturated heterocycles. The predicted octanol–water partition coefficient (Wildman–Crippen LogP) is 2.72. The van der Waals surface area contributed by atoms with Crippen molar-refractivity contribution in [1.29, 1.82) is 0 Å². The topological polar surface area (TPSA) is 105 Å². The number of halogens is 3. The highest BCUT2D eigenvalue weighted by atomic mass is 19.4. The maximum Gasteiger partial charge on any atom is 0.435 e. The van der Waals surface area contributed by atoms with Crippen LogP contribution in [0.25, 0.3) is 5.69 Å². The highest BCUT2D eigenvalue weighted by molar-refractivity contribution is 6.08. The summed E-state index contributed by atoms with van der Waals surface area (Å²) in [7, 11) is 5.20. The SMILES string of the molecule is CN(C)CC(=O)N(C)c1ccc(N2CCc3c(C(F)(F)F)nn(-c4cccc(C(N)=O)c4)c3C2=O)cc1. The van der Waals surface area contributed by atoms with E-state index in [0.717, 1.165) is 4.68 Å². The second-order valence-electron chi connectivity index (χ2n) is 8.91. The zero-order valence-corrected chi connectivity index (χ0v) is 20.4. The van der Waals surface area contributed by atoms with Crippen LogP contribution in [-0.2, 0) is 17.4 Å². The lowest BCUT2D eigenvalue weighted by molar-refractivity contribution is -0.142. The third-order valence-electron chi connectivity index (χ3n) is 6.03. The maximum atomic E-state index is 13.8. The summed E-state index contributed by atoms with van der Waals surface area (Å²) in [6.45, 7) is 0.227. The van der Waals surface area contributed by atoms with Crippen LogP contribution in [-0.4, -0.2) is 66.6 Å². The van der Waals surface area contributed by atoms with Crippen LogP contribution < -0.4 is 15.5 Å². The number of primary amides is 1. The monoisotopic (exact) mass is 514 g/mol. The Bertz CT molecular complexity index is 1360. The Labute approximate surface area is 210 Å². The Hall–Kier alpha value is -4.19. The van der Waals surface area contributed by atoms with Gasteiger partial charge in [-0.05, 0) is 63.0 Å². The number of amides is 3. The molecule has 9 nitrogen and oxygen atoms in total. The van der Waals surface area contributed by atoms with Crippen LogP contribution >= 0.6 is 0 Å². The molecule has 0 saturated carbocycles. The molecule has 0 spiro atoms. The molecule has 194 valence electrons. The summed E-state index contributed by atoms with van der Waals surface area (Å²) in [5.74, 6) is -1.56. The molecule has 37 heavy (non-hydrogen) atoms. The molecule has 4 rings (SSSR count). The minimum absolute atomic E-state index is 0.0106. The van der Waals surface area contributed by atoms with Crippen LogP contribution in [0, 0.1) is 0 Å². The van der Waals surface area contributed by atoms with Crippen molar-refractivity contribution >= 4 is 29.1 Å². The zero-order valence-electron chi connectivity index (χ0n) is 20.4. The van der Waals surface area contributed by atoms with Gasteiger partial charge in [-0.25, -0.2) is 4.68 Å². The van der Waals surface area contributed by atoms with E-state index in [1.165, 1.54) is 34.1 Å². The van der Waals surface area contributed by atoms with E-state index in [0.29, 0.717) is 11.4 Å². The Morgan fingerprint density at radius 3 is 2.32 bits per heavy atom. The van der Waals surface area contributed by atoms with Crippen molar-refractivity contribution in [3.05, 3.63) is 71.0 Å². The van der Waals surface area contributed by atoms with Crippen molar-refractivity contribution in [2.45, 2.75) is 12.6 Å². The molecule has 1 aromatic heterocycles. The first kappa shape index (κ1) is 25.9. The summed E-state index contributed by atoms with van der Waals surface area (Å²) in [5.41, 5.74) is 4.98. The number of benzene rings is 2. The van der Waals surface area contributed by atoms with Gasteiger partial charge in [0, 0.05) is 36.1 Å². The molecule has 3 aromatic rings. The number of nitrogens with two attached hydrogens (primary N) is 1. The molecule has 0 aliphatic carbocycles. The molecule has 12 heteroatoms. The average Bonchev–Trinajstić information content (AvgIpc) is 3.25. The van der Waals surface area contributed by atoms with Crippen molar-refractivity contribution in [3.8, 4) is 5.69 Å². The van der Waals surface area contributed by atoms with Gasteiger partial charge in [-0.1, -0.05) is 6.07 Å². The number of hydrogen-bond acceptors (Lipinski definition) is 5. The van der Waals surface area contributed by atoms with E-state index in [1.807, 2.05) is 0 Å². The normalized spacial score (nSPS) is 13.6. The molecular weight excluding hydrogens is 489 g/mol. The van der Waals surface area contributed by atoms with Crippen molar-refractivity contribution in [2.24, 2.45) is 5.73 Å². The molecular formula is C25H25F3N6O3. The summed E-state index contributed by atoms with van der Waals surface area (Å²) in [6, 6.07) is 12.2. The summed E-state index contributed by atoms with van der Waals surface area (Å²) < 4.78 is 42.4. The van der Waals surface area contributed by atoms with Crippen LogP contribution in [0.2, 0.25) is 0 Å². The predicted molar refractivity (Wildman–Crippen MR) is 131 cm³/mol. The van der Waals surface area contributed by atoms with Gasteiger partial charge in [0.1, 0.15) is 5.69 Å². The van der Waals surface area contributed by atoms with Gasteiger partial charge in [0.15, 0.2) is 5.69 Å². The fourth-order valence-corrected chi connectivity index (χ4v) is 4.19. The van der Waals surface area contributed by atoms with E-state index < -0.39 is 23.7 Å². The lowest BCUT2D eigenvalue weighted by atomic mass is 10.0. The van der Waals surface area contributed by atoms with Crippen LogP contribution in [0.3, 0.4) is 0 Å². The largest absolute Gasteiger partial charge is 0.435 e. The number of fused-ring (bicyclic) bond motifs is 1. The molecule has 1 aliphatic rings. The fraction of sp³-hybridized carbons (Fsp3) is 0.280. The maximum absolute atomic E-state index is 13.8. The van der Waals surface area contributed by atoms with E-state index >= 15 is 0 Å². The quantitative estimate of drug-likeness (QED) is 0.545. The van der Waals surface area contributed by atoms with Gasteiger partial charge in [0.2, 0.25) is 11.8 Å². The minimum Gasteiger partial charge on any atom is -0.366 e. The van der Waals surface area contributed by atoms with Crippen molar-refractivity contribution in [3.63, 3.8) is 0 Å². The Balaban J connectivity index is 1.72. The van der Waals surface area contributed by atoms with Gasteiger partial charge >= 0.3 is 6.18 Å². The zero-order chi connectivity index (χ0) is 27.1. The van der Waals surface area contributed by atoms with Crippen LogP contribution in [0.15, 0.2) is 48.5 Å². The molecule has 1 aliphatic heterocycles. The molecule has 0 bridgehead atoms. The van der Waals surface area contributed by atoms with Gasteiger partial charge < -0.3 is 20.4 Å². The van der Waals surface area contributed by atoms with Crippen LogP contribution in [0.1, 0.15) is 32.1 Å². The minimum atomic E-state index is -4.77. The third kappa shape index (κ3) is 5.05.